The van der Waals surface area contributed by atoms with Gasteiger partial charge in [-0.2, -0.15) is 0 Å². The maximum Gasteiger partial charge on any atom is 0.0475 e. The Morgan fingerprint density at radius 1 is 0.889 bits per heavy atom. The summed E-state index contributed by atoms with van der Waals surface area (Å²) in [7, 11) is 0. The molecule has 0 saturated heterocycles. The van der Waals surface area contributed by atoms with Crippen LogP contribution in [0, 0.1) is 0 Å². The number of thioether (sulfide) groups is 2. The molecule has 0 fully saturated rings. The highest BCUT2D eigenvalue weighted by molar-refractivity contribution is 8.21. The molecule has 56 valence electrons. The van der Waals surface area contributed by atoms with E-state index in [1.165, 1.54) is 5.08 Å². The Labute approximate surface area is 67.5 Å². The molecule has 0 unspecified atom stereocenters. The Morgan fingerprint density at radius 2 is 1.22 bits per heavy atom. The van der Waals surface area contributed by atoms with Gasteiger partial charge in [0, 0.05) is 5.08 Å². The van der Waals surface area contributed by atoms with Crippen LogP contribution in [0.5, 0.6) is 0 Å². The molecular weight excluding hydrogens is 148 g/mol. The molecule has 0 spiro atoms. The Morgan fingerprint density at radius 3 is 1.33 bits per heavy atom. The van der Waals surface area contributed by atoms with Gasteiger partial charge in [-0.3, -0.25) is 0 Å². The molecular formula is C7H16S2. The topological polar surface area (TPSA) is 0 Å². The highest BCUT2D eigenvalue weighted by Gasteiger charge is 1.85. The van der Waals surface area contributed by atoms with Gasteiger partial charge < -0.3 is 0 Å². The average Bonchev–Trinajstić information content (AvgIpc) is 2.51. The van der Waals surface area contributed by atoms with E-state index >= 15 is 0 Å². The molecule has 0 atom stereocenters. The van der Waals surface area contributed by atoms with Crippen molar-refractivity contribution in [2.75, 3.05) is 5.08 Å². The van der Waals surface area contributed by atoms with Gasteiger partial charge in [0.1, 0.15) is 0 Å². The maximum absolute atomic E-state index is 2.12. The van der Waals surface area contributed by atoms with Crippen LogP contribution in [0.3, 0.4) is 0 Å². The van der Waals surface area contributed by atoms with Crippen molar-refractivity contribution in [2.24, 2.45) is 0 Å². The molecule has 0 aromatic heterocycles. The van der Waals surface area contributed by atoms with Crippen molar-refractivity contribution in [2.45, 2.75) is 27.7 Å². The highest BCUT2D eigenvalue weighted by Crippen LogP contribution is 2.22. The summed E-state index contributed by atoms with van der Waals surface area (Å²) in [6.45, 7) is 8.00. The molecule has 1 aliphatic heterocycles. The van der Waals surface area contributed by atoms with Crippen molar-refractivity contribution in [3.63, 3.8) is 0 Å². The summed E-state index contributed by atoms with van der Waals surface area (Å²) in [5.41, 5.74) is 0. The van der Waals surface area contributed by atoms with Crippen molar-refractivity contribution in [3.05, 3.63) is 10.8 Å². The molecule has 0 saturated carbocycles. The lowest BCUT2D eigenvalue weighted by atomic mass is 11.0. The van der Waals surface area contributed by atoms with Crippen molar-refractivity contribution < 1.29 is 0 Å². The van der Waals surface area contributed by atoms with E-state index in [1.54, 1.807) is 0 Å². The van der Waals surface area contributed by atoms with E-state index in [2.05, 4.69) is 10.8 Å². The molecule has 0 radical (unpaired) electrons. The van der Waals surface area contributed by atoms with E-state index in [4.69, 9.17) is 0 Å². The van der Waals surface area contributed by atoms with Crippen molar-refractivity contribution >= 4 is 23.5 Å². The van der Waals surface area contributed by atoms with E-state index in [0.29, 0.717) is 0 Å². The summed E-state index contributed by atoms with van der Waals surface area (Å²) in [6.07, 6.45) is 0. The van der Waals surface area contributed by atoms with E-state index in [1.807, 2.05) is 51.2 Å². The van der Waals surface area contributed by atoms with Crippen LogP contribution in [0.25, 0.3) is 0 Å². The second kappa shape index (κ2) is 15.8. The zero-order valence-electron chi connectivity index (χ0n) is 6.68. The fraction of sp³-hybridized carbons (Fsp3) is 0.714. The van der Waals surface area contributed by atoms with Crippen molar-refractivity contribution in [1.29, 1.82) is 0 Å². The molecule has 0 N–H and O–H groups in total. The average molecular weight is 164 g/mol. The van der Waals surface area contributed by atoms with Gasteiger partial charge in [0.05, 0.1) is 0 Å². The lowest BCUT2D eigenvalue weighted by Crippen LogP contribution is -1.42. The molecule has 2 heteroatoms. The van der Waals surface area contributed by atoms with Gasteiger partial charge in [-0.15, -0.1) is 23.5 Å². The summed E-state index contributed by atoms with van der Waals surface area (Å²) in [5.74, 6) is 0. The Hall–Kier alpha value is 0.440. The first-order chi connectivity index (χ1) is 4.50. The summed E-state index contributed by atoms with van der Waals surface area (Å²) in [4.78, 5) is 0. The number of hydrogen-bond donors (Lipinski definition) is 0. The van der Waals surface area contributed by atoms with Gasteiger partial charge in [-0.1, -0.05) is 27.7 Å². The predicted molar refractivity (Wildman–Crippen MR) is 51.9 cm³/mol. The second-order valence-electron chi connectivity index (χ2n) is 0.723. The normalized spacial score (nSPS) is 12.9. The summed E-state index contributed by atoms with van der Waals surface area (Å²) in [5, 5.41) is 5.45. The molecule has 1 aliphatic rings. The smallest absolute Gasteiger partial charge is 0.0475 e. The monoisotopic (exact) mass is 164 g/mol. The molecule has 0 aliphatic carbocycles. The molecule has 9 heavy (non-hydrogen) atoms. The van der Waals surface area contributed by atoms with Gasteiger partial charge in [0.2, 0.25) is 0 Å². The van der Waals surface area contributed by atoms with Crippen LogP contribution in [-0.2, 0) is 0 Å². The van der Waals surface area contributed by atoms with Crippen LogP contribution in [0.15, 0.2) is 10.8 Å². The summed E-state index contributed by atoms with van der Waals surface area (Å²) >= 11 is 3.71. The van der Waals surface area contributed by atoms with E-state index in [9.17, 15) is 0 Å². The quantitative estimate of drug-likeness (QED) is 0.532. The van der Waals surface area contributed by atoms with Crippen molar-refractivity contribution in [3.8, 4) is 0 Å². The minimum Gasteiger partial charge on any atom is -0.122 e. The Kier molecular flexibility index (Phi) is 21.3. The van der Waals surface area contributed by atoms with Crippen LogP contribution >= 0.6 is 23.5 Å². The molecule has 0 amide bonds. The van der Waals surface area contributed by atoms with Crippen LogP contribution in [0.4, 0.5) is 0 Å². The largest absolute Gasteiger partial charge is 0.122 e. The lowest BCUT2D eigenvalue weighted by molar-refractivity contribution is 1.50. The van der Waals surface area contributed by atoms with Gasteiger partial charge in [0.15, 0.2) is 0 Å². The lowest BCUT2D eigenvalue weighted by Gasteiger charge is -1.69. The van der Waals surface area contributed by atoms with Crippen molar-refractivity contribution in [1.82, 2.24) is 0 Å². The zero-order valence-corrected chi connectivity index (χ0v) is 8.31. The number of rotatable bonds is 0. The molecule has 1 rings (SSSR count). The standard InChI is InChI=1S/C3H4S2.2C2H6/c1-2-5-3-4-1;2*1-2/h1-2H,3H2;2*1-2H3. The second-order valence-corrected chi connectivity index (χ2v) is 2.88. The zero-order chi connectivity index (χ0) is 7.54. The SMILES string of the molecule is C1=CSCS1.CC.CC. The fourth-order valence-corrected chi connectivity index (χ4v) is 1.77. The predicted octanol–water partition coefficient (Wildman–Crippen LogP) is 3.95. The molecule has 0 aromatic rings. The minimum atomic E-state index is 1.22. The van der Waals surface area contributed by atoms with Gasteiger partial charge in [0.25, 0.3) is 0 Å². The molecule has 1 heterocycles. The third-order valence-electron chi connectivity index (χ3n) is 0.384. The first kappa shape index (κ1) is 12.1. The third-order valence-corrected chi connectivity index (χ3v) is 2.30. The highest BCUT2D eigenvalue weighted by atomic mass is 32.2. The Balaban J connectivity index is 0. The van der Waals surface area contributed by atoms with Crippen LogP contribution < -0.4 is 0 Å². The summed E-state index contributed by atoms with van der Waals surface area (Å²) in [6, 6.07) is 0. The molecule has 0 aromatic carbocycles. The first-order valence-electron chi connectivity index (χ1n) is 3.38. The van der Waals surface area contributed by atoms with Gasteiger partial charge in [-0.05, 0) is 10.8 Å². The first-order valence-corrected chi connectivity index (χ1v) is 5.48. The van der Waals surface area contributed by atoms with Gasteiger partial charge in [-0.25, -0.2) is 0 Å². The van der Waals surface area contributed by atoms with Crippen LogP contribution in [0.2, 0.25) is 0 Å². The van der Waals surface area contributed by atoms with E-state index in [-0.39, 0.29) is 0 Å². The maximum atomic E-state index is 2.12. The van der Waals surface area contributed by atoms with Crippen LogP contribution in [-0.4, -0.2) is 5.08 Å². The molecule has 0 bridgehead atoms. The van der Waals surface area contributed by atoms with Crippen LogP contribution in [0.1, 0.15) is 27.7 Å². The Bertz CT molecular complexity index is 44.9. The molecule has 0 nitrogen and oxygen atoms in total. The number of hydrogen-bond acceptors (Lipinski definition) is 2. The van der Waals surface area contributed by atoms with Gasteiger partial charge >= 0.3 is 0 Å². The third kappa shape index (κ3) is 11.8. The van der Waals surface area contributed by atoms with E-state index < -0.39 is 0 Å². The minimum absolute atomic E-state index is 1.22. The fourth-order valence-electron chi connectivity index (χ4n) is 0.196. The summed E-state index contributed by atoms with van der Waals surface area (Å²) < 4.78 is 0. The van der Waals surface area contributed by atoms with E-state index in [0.717, 1.165) is 0 Å².